The molecule has 1 aliphatic heterocycles. The van der Waals surface area contributed by atoms with Crippen molar-refractivity contribution in [2.75, 3.05) is 0 Å². The van der Waals surface area contributed by atoms with Gasteiger partial charge in [-0.05, 0) is 45.9 Å². The standard InChI is InChI=1S/C13H8BrNO3/c1-6-5-9-10-7(11(6)14)3-2-4-8(10)12(16)15(18)13(9)17/h2-5,18H,1H3. The molecule has 0 radical (unpaired) electrons. The highest BCUT2D eigenvalue weighted by Crippen LogP contribution is 2.35. The number of hydrogen-bond donors (Lipinski definition) is 1. The van der Waals surface area contributed by atoms with E-state index >= 15 is 0 Å². The lowest BCUT2D eigenvalue weighted by Gasteiger charge is -2.22. The second-order valence-corrected chi connectivity index (χ2v) is 5.00. The maximum Gasteiger partial charge on any atom is 0.285 e. The Balaban J connectivity index is 2.57. The summed E-state index contributed by atoms with van der Waals surface area (Å²) in [5.41, 5.74) is 1.57. The third kappa shape index (κ3) is 1.28. The van der Waals surface area contributed by atoms with Gasteiger partial charge in [-0.25, -0.2) is 0 Å². The van der Waals surface area contributed by atoms with E-state index in [0.29, 0.717) is 16.5 Å². The second kappa shape index (κ2) is 3.63. The number of carbonyl (C=O) groups excluding carboxylic acids is 2. The normalized spacial score (nSPS) is 14.5. The number of hydrogen-bond acceptors (Lipinski definition) is 3. The highest BCUT2D eigenvalue weighted by Gasteiger charge is 2.32. The highest BCUT2D eigenvalue weighted by molar-refractivity contribution is 9.10. The fourth-order valence-corrected chi connectivity index (χ4v) is 2.70. The molecule has 0 fully saturated rings. The van der Waals surface area contributed by atoms with Crippen LogP contribution in [0.5, 0.6) is 0 Å². The minimum Gasteiger partial charge on any atom is -0.278 e. The molecule has 2 amide bonds. The van der Waals surface area contributed by atoms with E-state index in [1.165, 1.54) is 0 Å². The van der Waals surface area contributed by atoms with Crippen molar-refractivity contribution < 1.29 is 14.8 Å². The number of amides is 2. The first-order chi connectivity index (χ1) is 8.52. The first-order valence-electron chi connectivity index (χ1n) is 5.32. The zero-order valence-corrected chi connectivity index (χ0v) is 11.0. The summed E-state index contributed by atoms with van der Waals surface area (Å²) in [4.78, 5) is 23.8. The van der Waals surface area contributed by atoms with Crippen LogP contribution in [0.3, 0.4) is 0 Å². The fraction of sp³-hybridized carbons (Fsp3) is 0.0769. The maximum atomic E-state index is 11.9. The molecule has 0 spiro atoms. The number of carbonyl (C=O) groups is 2. The SMILES string of the molecule is Cc1cc2c3c(cccc3c1Br)C(=O)N(O)C2=O. The summed E-state index contributed by atoms with van der Waals surface area (Å²) in [7, 11) is 0. The molecule has 18 heavy (non-hydrogen) atoms. The molecular formula is C13H8BrNO3. The monoisotopic (exact) mass is 305 g/mol. The molecule has 5 heteroatoms. The molecule has 1 N–H and O–H groups in total. The van der Waals surface area contributed by atoms with Crippen LogP contribution in [0.25, 0.3) is 10.8 Å². The first-order valence-corrected chi connectivity index (χ1v) is 6.11. The number of nitrogens with zero attached hydrogens (tertiary/aromatic N) is 1. The Morgan fingerprint density at radius 1 is 1.17 bits per heavy atom. The van der Waals surface area contributed by atoms with Crippen LogP contribution in [0.4, 0.5) is 0 Å². The third-order valence-electron chi connectivity index (χ3n) is 3.12. The number of rotatable bonds is 0. The largest absolute Gasteiger partial charge is 0.285 e. The van der Waals surface area contributed by atoms with Gasteiger partial charge in [-0.15, -0.1) is 5.06 Å². The lowest BCUT2D eigenvalue weighted by atomic mass is 9.93. The zero-order chi connectivity index (χ0) is 13.0. The lowest BCUT2D eigenvalue weighted by Crippen LogP contribution is -2.37. The van der Waals surface area contributed by atoms with Crippen molar-refractivity contribution in [3.8, 4) is 0 Å². The zero-order valence-electron chi connectivity index (χ0n) is 9.40. The van der Waals surface area contributed by atoms with Crippen molar-refractivity contribution in [2.24, 2.45) is 0 Å². The van der Waals surface area contributed by atoms with E-state index in [-0.39, 0.29) is 5.06 Å². The summed E-state index contributed by atoms with van der Waals surface area (Å²) in [6, 6.07) is 6.85. The number of aryl methyl sites for hydroxylation is 1. The second-order valence-electron chi connectivity index (χ2n) is 4.21. The molecule has 0 saturated heterocycles. The summed E-state index contributed by atoms with van der Waals surface area (Å²) in [5.74, 6) is -1.37. The van der Waals surface area contributed by atoms with Gasteiger partial charge in [0, 0.05) is 9.86 Å². The Morgan fingerprint density at radius 2 is 1.83 bits per heavy atom. The molecule has 3 rings (SSSR count). The molecule has 2 aromatic rings. The average Bonchev–Trinajstić information content (AvgIpc) is 2.38. The quantitative estimate of drug-likeness (QED) is 0.601. The number of halogens is 1. The number of hydroxylamine groups is 2. The summed E-state index contributed by atoms with van der Waals surface area (Å²) in [6.45, 7) is 1.86. The van der Waals surface area contributed by atoms with Crippen LogP contribution in [0.15, 0.2) is 28.7 Å². The van der Waals surface area contributed by atoms with Crippen LogP contribution in [0, 0.1) is 6.92 Å². The molecule has 1 heterocycles. The van der Waals surface area contributed by atoms with Gasteiger partial charge in [0.1, 0.15) is 0 Å². The van der Waals surface area contributed by atoms with Crippen molar-refractivity contribution in [1.82, 2.24) is 5.06 Å². The summed E-state index contributed by atoms with van der Waals surface area (Å²) >= 11 is 3.46. The Hall–Kier alpha value is -1.72. The van der Waals surface area contributed by atoms with Crippen molar-refractivity contribution in [1.29, 1.82) is 0 Å². The van der Waals surface area contributed by atoms with Crippen LogP contribution >= 0.6 is 15.9 Å². The van der Waals surface area contributed by atoms with Crippen LogP contribution in [-0.4, -0.2) is 22.1 Å². The molecule has 0 unspecified atom stereocenters. The van der Waals surface area contributed by atoms with Crippen molar-refractivity contribution in [3.63, 3.8) is 0 Å². The van der Waals surface area contributed by atoms with Crippen molar-refractivity contribution in [3.05, 3.63) is 45.4 Å². The van der Waals surface area contributed by atoms with Gasteiger partial charge in [0.15, 0.2) is 0 Å². The van der Waals surface area contributed by atoms with Crippen LogP contribution < -0.4 is 0 Å². The summed E-state index contributed by atoms with van der Waals surface area (Å²) in [5, 5.41) is 11.1. The topological polar surface area (TPSA) is 57.6 Å². The summed E-state index contributed by atoms with van der Waals surface area (Å²) in [6.07, 6.45) is 0. The van der Waals surface area contributed by atoms with Gasteiger partial charge in [-0.2, -0.15) is 0 Å². The van der Waals surface area contributed by atoms with Gasteiger partial charge in [0.25, 0.3) is 11.8 Å². The molecule has 4 nitrogen and oxygen atoms in total. The molecule has 0 aromatic heterocycles. The van der Waals surface area contributed by atoms with E-state index in [1.807, 2.05) is 13.0 Å². The predicted molar refractivity (Wildman–Crippen MR) is 68.7 cm³/mol. The third-order valence-corrected chi connectivity index (χ3v) is 4.18. The van der Waals surface area contributed by atoms with Gasteiger partial charge in [0.2, 0.25) is 0 Å². The van der Waals surface area contributed by atoms with Gasteiger partial charge < -0.3 is 0 Å². The highest BCUT2D eigenvalue weighted by atomic mass is 79.9. The van der Waals surface area contributed by atoms with E-state index in [1.54, 1.807) is 18.2 Å². The van der Waals surface area contributed by atoms with E-state index < -0.39 is 11.8 Å². The lowest BCUT2D eigenvalue weighted by molar-refractivity contribution is -0.0377. The smallest absolute Gasteiger partial charge is 0.278 e. The van der Waals surface area contributed by atoms with Crippen LogP contribution in [-0.2, 0) is 0 Å². The Kier molecular flexibility index (Phi) is 2.30. The fourth-order valence-electron chi connectivity index (χ4n) is 2.26. The molecular weight excluding hydrogens is 298 g/mol. The molecule has 0 atom stereocenters. The molecule has 0 aliphatic carbocycles. The van der Waals surface area contributed by atoms with Gasteiger partial charge in [-0.1, -0.05) is 12.1 Å². The summed E-state index contributed by atoms with van der Waals surface area (Å²) < 4.78 is 0.857. The van der Waals surface area contributed by atoms with E-state index in [0.717, 1.165) is 15.4 Å². The molecule has 90 valence electrons. The van der Waals surface area contributed by atoms with Gasteiger partial charge in [0.05, 0.1) is 11.1 Å². The minimum absolute atomic E-state index is 0.171. The van der Waals surface area contributed by atoms with E-state index in [4.69, 9.17) is 0 Å². The predicted octanol–water partition coefficient (Wildman–Crippen LogP) is 2.90. The Morgan fingerprint density at radius 3 is 2.56 bits per heavy atom. The van der Waals surface area contributed by atoms with E-state index in [2.05, 4.69) is 15.9 Å². The maximum absolute atomic E-state index is 11.9. The van der Waals surface area contributed by atoms with Crippen LogP contribution in [0.2, 0.25) is 0 Å². The molecule has 2 aromatic carbocycles. The first kappa shape index (κ1) is 11.4. The average molecular weight is 306 g/mol. The molecule has 0 bridgehead atoms. The minimum atomic E-state index is -0.686. The van der Waals surface area contributed by atoms with Gasteiger partial charge >= 0.3 is 0 Å². The molecule has 0 saturated carbocycles. The van der Waals surface area contributed by atoms with E-state index in [9.17, 15) is 14.8 Å². The Labute approximate surface area is 111 Å². The molecule has 1 aliphatic rings. The Bertz CT molecular complexity index is 724. The van der Waals surface area contributed by atoms with Crippen molar-refractivity contribution in [2.45, 2.75) is 6.92 Å². The van der Waals surface area contributed by atoms with Gasteiger partial charge in [-0.3, -0.25) is 14.8 Å². The van der Waals surface area contributed by atoms with Crippen LogP contribution in [0.1, 0.15) is 26.3 Å². The number of imide groups is 1. The number of benzene rings is 2. The van der Waals surface area contributed by atoms with Crippen molar-refractivity contribution >= 4 is 38.5 Å².